The lowest BCUT2D eigenvalue weighted by molar-refractivity contribution is -0.113. The lowest BCUT2D eigenvalue weighted by Gasteiger charge is -2.14. The topological polar surface area (TPSA) is 56.6 Å². The Hall–Kier alpha value is -2.73. The average Bonchev–Trinajstić information content (AvgIpc) is 2.89. The number of hydrogen-bond donors (Lipinski definition) is 1. The first-order chi connectivity index (χ1) is 12.0. The van der Waals surface area contributed by atoms with Crippen LogP contribution in [0.2, 0.25) is 0 Å². The van der Waals surface area contributed by atoms with Crippen molar-refractivity contribution in [2.24, 2.45) is 0 Å². The smallest absolute Gasteiger partial charge is 0.271 e. The van der Waals surface area contributed by atoms with E-state index >= 15 is 0 Å². The van der Waals surface area contributed by atoms with Gasteiger partial charge in [0, 0.05) is 19.8 Å². The van der Waals surface area contributed by atoms with Crippen LogP contribution in [0.25, 0.3) is 6.08 Å². The van der Waals surface area contributed by atoms with Gasteiger partial charge in [-0.3, -0.25) is 15.1 Å². The molecular weight excluding hydrogens is 334 g/mol. The second-order valence-electron chi connectivity index (χ2n) is 5.74. The number of benzene rings is 2. The minimum Gasteiger partial charge on any atom is -0.497 e. The van der Waals surface area contributed by atoms with Crippen LogP contribution in [0.5, 0.6) is 5.75 Å². The molecule has 2 aromatic carbocycles. The van der Waals surface area contributed by atoms with Crippen molar-refractivity contribution in [3.63, 3.8) is 0 Å². The fourth-order valence-corrected chi connectivity index (χ4v) is 3.33. The summed E-state index contributed by atoms with van der Waals surface area (Å²) in [5, 5.41) is 8.35. The lowest BCUT2D eigenvalue weighted by Crippen LogP contribution is -2.27. The molecule has 1 saturated heterocycles. The standard InChI is InChI=1S/C19H19N3O2S/c1-21(2)14-6-4-13(5-7-14)12-17-18(23)22(19(20)25-17)15-8-10-16(24-3)11-9-15/h4-12,20H,1-3H3/b17-12-,20-19?. The van der Waals surface area contributed by atoms with Crippen molar-refractivity contribution >= 4 is 40.3 Å². The number of nitrogens with one attached hydrogen (secondary N) is 1. The third-order valence-electron chi connectivity index (χ3n) is 3.86. The van der Waals surface area contributed by atoms with E-state index in [2.05, 4.69) is 0 Å². The molecule has 25 heavy (non-hydrogen) atoms. The molecule has 1 N–H and O–H groups in total. The van der Waals surface area contributed by atoms with Crippen LogP contribution >= 0.6 is 11.8 Å². The first kappa shape index (κ1) is 17.1. The fourth-order valence-electron chi connectivity index (χ4n) is 2.47. The highest BCUT2D eigenvalue weighted by atomic mass is 32.2. The zero-order valence-electron chi connectivity index (χ0n) is 14.3. The number of carbonyl (C=O) groups is 1. The number of methoxy groups -OCH3 is 1. The molecule has 1 aliphatic heterocycles. The first-order valence-corrected chi connectivity index (χ1v) is 8.55. The lowest BCUT2D eigenvalue weighted by atomic mass is 10.2. The summed E-state index contributed by atoms with van der Waals surface area (Å²) in [6, 6.07) is 15.1. The minimum absolute atomic E-state index is 0.183. The van der Waals surface area contributed by atoms with Gasteiger partial charge in [-0.2, -0.15) is 0 Å². The zero-order valence-corrected chi connectivity index (χ0v) is 15.1. The Balaban J connectivity index is 1.84. The van der Waals surface area contributed by atoms with Gasteiger partial charge in [0.1, 0.15) is 5.75 Å². The number of amides is 1. The molecule has 0 unspecified atom stereocenters. The third-order valence-corrected chi connectivity index (χ3v) is 4.75. The summed E-state index contributed by atoms with van der Waals surface area (Å²) in [5.74, 6) is 0.531. The van der Waals surface area contributed by atoms with E-state index < -0.39 is 0 Å². The summed E-state index contributed by atoms with van der Waals surface area (Å²) in [4.78, 5) is 16.7. The number of ether oxygens (including phenoxy) is 1. The van der Waals surface area contributed by atoms with Crippen LogP contribution in [-0.4, -0.2) is 32.3 Å². The second-order valence-corrected chi connectivity index (χ2v) is 6.77. The van der Waals surface area contributed by atoms with Gasteiger partial charge in [0.05, 0.1) is 17.7 Å². The van der Waals surface area contributed by atoms with E-state index in [9.17, 15) is 4.79 Å². The van der Waals surface area contributed by atoms with Crippen molar-refractivity contribution < 1.29 is 9.53 Å². The van der Waals surface area contributed by atoms with Gasteiger partial charge in [-0.05, 0) is 59.8 Å². The monoisotopic (exact) mass is 353 g/mol. The summed E-state index contributed by atoms with van der Waals surface area (Å²) in [7, 11) is 5.56. The van der Waals surface area contributed by atoms with E-state index in [-0.39, 0.29) is 11.1 Å². The molecular formula is C19H19N3O2S. The number of nitrogens with zero attached hydrogens (tertiary/aromatic N) is 2. The van der Waals surface area contributed by atoms with Crippen molar-refractivity contribution in [2.45, 2.75) is 0 Å². The normalized spacial score (nSPS) is 15.8. The van der Waals surface area contributed by atoms with Gasteiger partial charge in [-0.15, -0.1) is 0 Å². The average molecular weight is 353 g/mol. The van der Waals surface area contributed by atoms with Crippen LogP contribution < -0.4 is 14.5 Å². The summed E-state index contributed by atoms with van der Waals surface area (Å²) >= 11 is 1.17. The zero-order chi connectivity index (χ0) is 18.0. The Labute approximate surface area is 151 Å². The number of amidine groups is 1. The molecule has 3 rings (SSSR count). The molecule has 0 bridgehead atoms. The molecule has 0 atom stereocenters. The molecule has 1 aliphatic rings. The van der Waals surface area contributed by atoms with Crippen molar-refractivity contribution in [3.8, 4) is 5.75 Å². The predicted molar refractivity (Wildman–Crippen MR) is 105 cm³/mol. The van der Waals surface area contributed by atoms with E-state index in [1.807, 2.05) is 49.3 Å². The number of rotatable bonds is 4. The van der Waals surface area contributed by atoms with Crippen LogP contribution in [0.3, 0.4) is 0 Å². The van der Waals surface area contributed by atoms with Crippen molar-refractivity contribution in [3.05, 3.63) is 59.0 Å². The summed E-state index contributed by atoms with van der Waals surface area (Å²) in [5.41, 5.74) is 2.70. The molecule has 0 aromatic heterocycles. The predicted octanol–water partition coefficient (Wildman–Crippen LogP) is 3.82. The molecule has 2 aromatic rings. The van der Waals surface area contributed by atoms with E-state index in [0.29, 0.717) is 16.3 Å². The number of anilines is 2. The van der Waals surface area contributed by atoms with Gasteiger partial charge in [0.2, 0.25) is 0 Å². The Morgan fingerprint density at radius 3 is 2.28 bits per heavy atom. The Bertz CT molecular complexity index is 827. The number of thioether (sulfide) groups is 1. The van der Waals surface area contributed by atoms with Crippen LogP contribution in [0, 0.1) is 5.41 Å². The molecule has 6 heteroatoms. The fraction of sp³-hybridized carbons (Fsp3) is 0.158. The maximum Gasteiger partial charge on any atom is 0.271 e. The second kappa shape index (κ2) is 7.03. The van der Waals surface area contributed by atoms with Crippen molar-refractivity contribution in [1.29, 1.82) is 5.41 Å². The van der Waals surface area contributed by atoms with Crippen LogP contribution in [0.4, 0.5) is 11.4 Å². The number of carbonyl (C=O) groups excluding carboxylic acids is 1. The van der Waals surface area contributed by atoms with Crippen molar-refractivity contribution in [2.75, 3.05) is 31.0 Å². The van der Waals surface area contributed by atoms with Crippen LogP contribution in [0.1, 0.15) is 5.56 Å². The van der Waals surface area contributed by atoms with Gasteiger partial charge in [0.25, 0.3) is 5.91 Å². The number of hydrogen-bond acceptors (Lipinski definition) is 5. The molecule has 1 heterocycles. The summed E-state index contributed by atoms with van der Waals surface area (Å²) in [6.07, 6.45) is 1.82. The van der Waals surface area contributed by atoms with Gasteiger partial charge >= 0.3 is 0 Å². The molecule has 5 nitrogen and oxygen atoms in total. The third kappa shape index (κ3) is 3.53. The minimum atomic E-state index is -0.183. The molecule has 0 saturated carbocycles. The Morgan fingerprint density at radius 2 is 1.72 bits per heavy atom. The highest BCUT2D eigenvalue weighted by Gasteiger charge is 2.33. The molecule has 1 fully saturated rings. The summed E-state index contributed by atoms with van der Waals surface area (Å²) < 4.78 is 5.13. The Morgan fingerprint density at radius 1 is 1.08 bits per heavy atom. The molecule has 0 spiro atoms. The van der Waals surface area contributed by atoms with Crippen LogP contribution in [-0.2, 0) is 4.79 Å². The summed E-state index contributed by atoms with van der Waals surface area (Å²) in [6.45, 7) is 0. The first-order valence-electron chi connectivity index (χ1n) is 7.73. The maximum absolute atomic E-state index is 12.7. The highest BCUT2D eigenvalue weighted by molar-refractivity contribution is 8.19. The van der Waals surface area contributed by atoms with E-state index in [4.69, 9.17) is 10.1 Å². The molecule has 0 radical (unpaired) electrons. The van der Waals surface area contributed by atoms with Gasteiger partial charge in [-0.25, -0.2) is 0 Å². The highest BCUT2D eigenvalue weighted by Crippen LogP contribution is 2.35. The van der Waals surface area contributed by atoms with Crippen molar-refractivity contribution in [1.82, 2.24) is 0 Å². The SMILES string of the molecule is COc1ccc(N2C(=N)S/C(=C\c3ccc(N(C)C)cc3)C2=O)cc1. The maximum atomic E-state index is 12.7. The Kier molecular flexibility index (Phi) is 4.81. The van der Waals surface area contributed by atoms with E-state index in [0.717, 1.165) is 11.3 Å². The van der Waals surface area contributed by atoms with Gasteiger partial charge in [-0.1, -0.05) is 12.1 Å². The largest absolute Gasteiger partial charge is 0.497 e. The molecule has 1 amide bonds. The molecule has 128 valence electrons. The van der Waals surface area contributed by atoms with E-state index in [1.165, 1.54) is 16.7 Å². The van der Waals surface area contributed by atoms with Gasteiger partial charge in [0.15, 0.2) is 5.17 Å². The van der Waals surface area contributed by atoms with E-state index in [1.54, 1.807) is 31.4 Å². The molecule has 0 aliphatic carbocycles. The quantitative estimate of drug-likeness (QED) is 0.849. The van der Waals surface area contributed by atoms with Gasteiger partial charge < -0.3 is 9.64 Å². The van der Waals surface area contributed by atoms with Crippen LogP contribution in [0.15, 0.2) is 53.4 Å².